The molecule has 1 N–H and O–H groups in total. The Bertz CT molecular complexity index is 539. The summed E-state index contributed by atoms with van der Waals surface area (Å²) >= 11 is 0. The quantitative estimate of drug-likeness (QED) is 0.900. The van der Waals surface area contributed by atoms with Crippen molar-refractivity contribution in [1.29, 1.82) is 0 Å². The highest BCUT2D eigenvalue weighted by Crippen LogP contribution is 2.17. The first-order valence-electron chi connectivity index (χ1n) is 6.59. The largest absolute Gasteiger partial charge is 0.350 e. The Hall–Kier alpha value is -2.12. The number of nitrogens with one attached hydrogen (secondary N) is 1. The molecule has 6 nitrogen and oxygen atoms in total. The van der Waals surface area contributed by atoms with Crippen molar-refractivity contribution in [3.05, 3.63) is 23.8 Å². The van der Waals surface area contributed by atoms with E-state index in [1.165, 1.54) is 0 Å². The molecule has 1 aliphatic heterocycles. The predicted molar refractivity (Wildman–Crippen MR) is 69.7 cm³/mol. The van der Waals surface area contributed by atoms with Gasteiger partial charge >= 0.3 is 0 Å². The molecule has 2 heterocycles. The smallest absolute Gasteiger partial charge is 0.280 e. The first-order chi connectivity index (χ1) is 9.97. The summed E-state index contributed by atoms with van der Waals surface area (Å²) in [5.41, 5.74) is -0.579. The summed E-state index contributed by atoms with van der Waals surface area (Å²) in [6.45, 7) is 0.981. The maximum Gasteiger partial charge on any atom is 0.280 e. The Labute approximate surface area is 120 Å². The Morgan fingerprint density at radius 1 is 1.52 bits per heavy atom. The number of aromatic nitrogens is 2. The van der Waals surface area contributed by atoms with Gasteiger partial charge in [0.15, 0.2) is 0 Å². The van der Waals surface area contributed by atoms with E-state index in [2.05, 4.69) is 15.3 Å². The van der Waals surface area contributed by atoms with Crippen LogP contribution in [0.3, 0.4) is 0 Å². The zero-order chi connectivity index (χ0) is 15.4. The van der Waals surface area contributed by atoms with E-state index < -0.39 is 18.0 Å². The number of halogens is 2. The summed E-state index contributed by atoms with van der Waals surface area (Å²) in [6.07, 6.45) is -0.626. The molecular weight excluding hydrogens is 282 g/mol. The lowest BCUT2D eigenvalue weighted by Crippen LogP contribution is -2.40. The maximum absolute atomic E-state index is 12.5. The van der Waals surface area contributed by atoms with Gasteiger partial charge in [0.05, 0.1) is 0 Å². The fourth-order valence-electron chi connectivity index (χ4n) is 2.12. The monoisotopic (exact) mass is 298 g/mol. The average Bonchev–Trinajstić information content (AvgIpc) is 2.48. The predicted octanol–water partition coefficient (Wildman–Crippen LogP) is 1.01. The Balaban J connectivity index is 1.90. The van der Waals surface area contributed by atoms with Crippen LogP contribution in [0.1, 0.15) is 35.4 Å². The fourth-order valence-corrected chi connectivity index (χ4v) is 2.12. The Morgan fingerprint density at radius 3 is 2.95 bits per heavy atom. The molecular formula is C13H16F2N4O2. The van der Waals surface area contributed by atoms with Crippen LogP contribution in [0, 0.1) is 5.92 Å². The molecule has 1 aliphatic rings. The van der Waals surface area contributed by atoms with E-state index in [-0.39, 0.29) is 17.5 Å². The van der Waals surface area contributed by atoms with Crippen LogP contribution in [0.5, 0.6) is 0 Å². The van der Waals surface area contributed by atoms with Crippen molar-refractivity contribution in [2.24, 2.45) is 5.92 Å². The summed E-state index contributed by atoms with van der Waals surface area (Å²) in [5.74, 6) is -0.428. The van der Waals surface area contributed by atoms with Gasteiger partial charge in [0.1, 0.15) is 17.7 Å². The molecule has 0 bridgehead atoms. The molecule has 21 heavy (non-hydrogen) atoms. The van der Waals surface area contributed by atoms with Crippen LogP contribution in [0.15, 0.2) is 12.4 Å². The Kier molecular flexibility index (Phi) is 4.77. The number of hydrogen-bond donors (Lipinski definition) is 1. The van der Waals surface area contributed by atoms with Crippen LogP contribution in [0.25, 0.3) is 0 Å². The van der Waals surface area contributed by atoms with Crippen LogP contribution < -0.4 is 5.32 Å². The summed E-state index contributed by atoms with van der Waals surface area (Å²) in [4.78, 5) is 32.1. The van der Waals surface area contributed by atoms with E-state index in [4.69, 9.17) is 0 Å². The number of likely N-dealkylation sites (tertiary alicyclic amines) is 1. The van der Waals surface area contributed by atoms with Crippen molar-refractivity contribution >= 4 is 11.8 Å². The van der Waals surface area contributed by atoms with Gasteiger partial charge in [-0.1, -0.05) is 0 Å². The first-order valence-corrected chi connectivity index (χ1v) is 6.59. The molecule has 1 unspecified atom stereocenters. The number of rotatable bonds is 4. The lowest BCUT2D eigenvalue weighted by atomic mass is 9.96. The molecule has 1 fully saturated rings. The van der Waals surface area contributed by atoms with Gasteiger partial charge in [0.2, 0.25) is 5.91 Å². The number of carbonyl (C=O) groups is 2. The molecule has 2 rings (SSSR count). The first kappa shape index (κ1) is 15.3. The molecule has 0 radical (unpaired) electrons. The molecule has 0 aromatic carbocycles. The van der Waals surface area contributed by atoms with Crippen molar-refractivity contribution < 1.29 is 18.4 Å². The number of carbonyl (C=O) groups excluding carboxylic acids is 2. The summed E-state index contributed by atoms with van der Waals surface area (Å²) in [6, 6.07) is 0.972. The molecule has 1 aromatic rings. The second-order valence-corrected chi connectivity index (χ2v) is 5.01. The van der Waals surface area contributed by atoms with Gasteiger partial charge in [-0.15, -0.1) is 0 Å². The summed E-state index contributed by atoms with van der Waals surface area (Å²) < 4.78 is 25.0. The van der Waals surface area contributed by atoms with E-state index >= 15 is 0 Å². The second-order valence-electron chi connectivity index (χ2n) is 5.01. The maximum atomic E-state index is 12.5. The molecule has 0 saturated carbocycles. The average molecular weight is 298 g/mol. The van der Waals surface area contributed by atoms with Crippen LogP contribution in [-0.4, -0.2) is 46.8 Å². The number of piperidine rings is 1. The molecule has 2 amide bonds. The standard InChI is InChI=1S/C13H16F2N4O2/c1-19-3-2-8(4-11(19)20)6-16-13(21)10-5-9(12(14)15)17-7-18-10/h5,7-8,12H,2-4,6H2,1H3,(H,16,21). The summed E-state index contributed by atoms with van der Waals surface area (Å²) in [5, 5.41) is 2.63. The van der Waals surface area contributed by atoms with Crippen molar-refractivity contribution in [2.75, 3.05) is 20.1 Å². The van der Waals surface area contributed by atoms with Gasteiger partial charge in [-0.2, -0.15) is 0 Å². The molecule has 0 spiro atoms. The third-order valence-electron chi connectivity index (χ3n) is 3.46. The van der Waals surface area contributed by atoms with E-state index in [0.29, 0.717) is 19.5 Å². The van der Waals surface area contributed by atoms with E-state index in [1.807, 2.05) is 0 Å². The minimum atomic E-state index is -2.74. The van der Waals surface area contributed by atoms with Gasteiger partial charge in [-0.3, -0.25) is 9.59 Å². The van der Waals surface area contributed by atoms with E-state index in [1.54, 1.807) is 11.9 Å². The zero-order valence-corrected chi connectivity index (χ0v) is 11.6. The van der Waals surface area contributed by atoms with Crippen LogP contribution >= 0.6 is 0 Å². The van der Waals surface area contributed by atoms with E-state index in [0.717, 1.165) is 18.8 Å². The molecule has 1 atom stereocenters. The van der Waals surface area contributed by atoms with Crippen LogP contribution in [-0.2, 0) is 4.79 Å². The molecule has 8 heteroatoms. The van der Waals surface area contributed by atoms with Crippen LogP contribution in [0.2, 0.25) is 0 Å². The summed E-state index contributed by atoms with van der Waals surface area (Å²) in [7, 11) is 1.74. The molecule has 1 aromatic heterocycles. The molecule has 0 aliphatic carbocycles. The van der Waals surface area contributed by atoms with Gasteiger partial charge < -0.3 is 10.2 Å². The SMILES string of the molecule is CN1CCC(CNC(=O)c2cc(C(F)F)ncn2)CC1=O. The zero-order valence-electron chi connectivity index (χ0n) is 11.6. The number of hydrogen-bond acceptors (Lipinski definition) is 4. The highest BCUT2D eigenvalue weighted by atomic mass is 19.3. The van der Waals surface area contributed by atoms with Gasteiger partial charge in [-0.05, 0) is 18.4 Å². The Morgan fingerprint density at radius 2 is 2.29 bits per heavy atom. The van der Waals surface area contributed by atoms with E-state index in [9.17, 15) is 18.4 Å². The normalized spacial score (nSPS) is 19.0. The third kappa shape index (κ3) is 3.93. The lowest BCUT2D eigenvalue weighted by molar-refractivity contribution is -0.133. The van der Waals surface area contributed by atoms with Crippen LogP contribution in [0.4, 0.5) is 8.78 Å². The number of alkyl halides is 2. The minimum absolute atomic E-state index is 0.0440. The van der Waals surface area contributed by atoms with Gasteiger partial charge in [0.25, 0.3) is 12.3 Å². The third-order valence-corrected chi connectivity index (χ3v) is 3.46. The van der Waals surface area contributed by atoms with Gasteiger partial charge in [-0.25, -0.2) is 18.7 Å². The highest BCUT2D eigenvalue weighted by molar-refractivity contribution is 5.92. The molecule has 1 saturated heterocycles. The molecule has 114 valence electrons. The number of nitrogens with zero attached hydrogens (tertiary/aromatic N) is 3. The van der Waals surface area contributed by atoms with Crippen molar-refractivity contribution in [2.45, 2.75) is 19.3 Å². The minimum Gasteiger partial charge on any atom is -0.350 e. The van der Waals surface area contributed by atoms with Crippen molar-refractivity contribution in [3.63, 3.8) is 0 Å². The highest BCUT2D eigenvalue weighted by Gasteiger charge is 2.24. The number of amides is 2. The van der Waals surface area contributed by atoms with Crippen molar-refractivity contribution in [3.8, 4) is 0 Å². The second kappa shape index (κ2) is 6.55. The van der Waals surface area contributed by atoms with Gasteiger partial charge in [0, 0.05) is 26.6 Å². The fraction of sp³-hybridized carbons (Fsp3) is 0.538. The lowest BCUT2D eigenvalue weighted by Gasteiger charge is -2.28. The van der Waals surface area contributed by atoms with Crippen molar-refractivity contribution in [1.82, 2.24) is 20.2 Å². The topological polar surface area (TPSA) is 75.2 Å².